The van der Waals surface area contributed by atoms with Crippen molar-refractivity contribution >= 4 is 5.82 Å². The van der Waals surface area contributed by atoms with Gasteiger partial charge in [-0.15, -0.1) is 0 Å². The third-order valence-corrected chi connectivity index (χ3v) is 4.77. The smallest absolute Gasteiger partial charge is 0.133 e. The van der Waals surface area contributed by atoms with Crippen LogP contribution in [0, 0.1) is 6.92 Å². The molecule has 1 N–H and O–H groups in total. The van der Waals surface area contributed by atoms with E-state index in [9.17, 15) is 0 Å². The Balaban J connectivity index is 1.33. The van der Waals surface area contributed by atoms with E-state index in [-0.39, 0.29) is 0 Å². The Morgan fingerprint density at radius 3 is 2.74 bits per heavy atom. The van der Waals surface area contributed by atoms with Crippen molar-refractivity contribution in [3.05, 3.63) is 53.5 Å². The van der Waals surface area contributed by atoms with Gasteiger partial charge in [0.15, 0.2) is 0 Å². The Morgan fingerprint density at radius 2 is 1.96 bits per heavy atom. The number of nitrogens with one attached hydrogen (secondary N) is 1. The molecule has 1 atom stereocenters. The number of benzene rings is 1. The molecule has 1 unspecified atom stereocenters. The standard InChI is InChI=1S/C19H24N4/c1-14-2-4-15(5-3-14)12-23-11-9-17(13-23)21-18-8-10-20-19(22-18)16-6-7-16/h2-5,8,10,16-17H,6-7,9,11-13H2,1H3,(H,20,21,22). The first-order chi connectivity index (χ1) is 11.3. The molecule has 2 fully saturated rings. The van der Waals surface area contributed by atoms with E-state index in [1.165, 1.54) is 30.4 Å². The van der Waals surface area contributed by atoms with Crippen molar-refractivity contribution < 1.29 is 0 Å². The van der Waals surface area contributed by atoms with Crippen LogP contribution in [0.3, 0.4) is 0 Å². The second-order valence-corrected chi connectivity index (χ2v) is 6.93. The zero-order valence-corrected chi connectivity index (χ0v) is 13.7. The molecule has 0 bridgehead atoms. The molecule has 2 heterocycles. The van der Waals surface area contributed by atoms with Gasteiger partial charge >= 0.3 is 0 Å². The van der Waals surface area contributed by atoms with E-state index in [2.05, 4.69) is 51.4 Å². The highest BCUT2D eigenvalue weighted by molar-refractivity contribution is 5.35. The highest BCUT2D eigenvalue weighted by Gasteiger charge is 2.27. The molecule has 4 rings (SSSR count). The van der Waals surface area contributed by atoms with Gasteiger partial charge in [0, 0.05) is 37.8 Å². The fourth-order valence-corrected chi connectivity index (χ4v) is 3.25. The fraction of sp³-hybridized carbons (Fsp3) is 0.474. The first-order valence-electron chi connectivity index (χ1n) is 8.63. The molecule has 1 aliphatic carbocycles. The summed E-state index contributed by atoms with van der Waals surface area (Å²) < 4.78 is 0. The second kappa shape index (κ2) is 6.28. The number of nitrogens with zero attached hydrogens (tertiary/aromatic N) is 3. The molecule has 1 aromatic heterocycles. The molecule has 1 saturated heterocycles. The van der Waals surface area contributed by atoms with Crippen molar-refractivity contribution in [3.63, 3.8) is 0 Å². The van der Waals surface area contributed by atoms with Crippen LogP contribution in [0.4, 0.5) is 5.82 Å². The third-order valence-electron chi connectivity index (χ3n) is 4.77. The van der Waals surface area contributed by atoms with Gasteiger partial charge in [0.2, 0.25) is 0 Å². The van der Waals surface area contributed by atoms with Crippen LogP contribution in [0.25, 0.3) is 0 Å². The average molecular weight is 308 g/mol. The van der Waals surface area contributed by atoms with Crippen molar-refractivity contribution in [1.29, 1.82) is 0 Å². The molecular formula is C19H24N4. The first kappa shape index (κ1) is 14.6. The molecule has 2 aromatic rings. The maximum Gasteiger partial charge on any atom is 0.133 e. The third kappa shape index (κ3) is 3.70. The number of hydrogen-bond acceptors (Lipinski definition) is 4. The lowest BCUT2D eigenvalue weighted by Gasteiger charge is -2.17. The predicted octanol–water partition coefficient (Wildman–Crippen LogP) is 3.35. The van der Waals surface area contributed by atoms with Crippen LogP contribution in [0.5, 0.6) is 0 Å². The van der Waals surface area contributed by atoms with E-state index < -0.39 is 0 Å². The quantitative estimate of drug-likeness (QED) is 0.919. The van der Waals surface area contributed by atoms with Gasteiger partial charge in [0.05, 0.1) is 0 Å². The van der Waals surface area contributed by atoms with Crippen LogP contribution in [0.2, 0.25) is 0 Å². The van der Waals surface area contributed by atoms with Gasteiger partial charge in [0.25, 0.3) is 0 Å². The minimum Gasteiger partial charge on any atom is -0.366 e. The summed E-state index contributed by atoms with van der Waals surface area (Å²) in [5.74, 6) is 2.62. The van der Waals surface area contributed by atoms with Gasteiger partial charge in [0.1, 0.15) is 11.6 Å². The van der Waals surface area contributed by atoms with E-state index in [0.717, 1.165) is 31.3 Å². The van der Waals surface area contributed by atoms with Gasteiger partial charge in [-0.05, 0) is 37.8 Å². The summed E-state index contributed by atoms with van der Waals surface area (Å²) in [5, 5.41) is 3.60. The molecule has 0 radical (unpaired) electrons. The SMILES string of the molecule is Cc1ccc(CN2CCC(Nc3ccnc(C4CC4)n3)C2)cc1. The average Bonchev–Trinajstić information content (AvgIpc) is 3.32. The maximum atomic E-state index is 4.68. The zero-order chi connectivity index (χ0) is 15.6. The minimum atomic E-state index is 0.488. The Kier molecular flexibility index (Phi) is 4.00. The van der Waals surface area contributed by atoms with Gasteiger partial charge in [-0.1, -0.05) is 29.8 Å². The number of likely N-dealkylation sites (tertiary alicyclic amines) is 1. The lowest BCUT2D eigenvalue weighted by molar-refractivity contribution is 0.328. The Bertz CT molecular complexity index is 663. The number of rotatable bonds is 5. The highest BCUT2D eigenvalue weighted by atomic mass is 15.2. The maximum absolute atomic E-state index is 4.68. The molecule has 2 aliphatic rings. The fourth-order valence-electron chi connectivity index (χ4n) is 3.25. The molecule has 23 heavy (non-hydrogen) atoms. The summed E-state index contributed by atoms with van der Waals surface area (Å²) in [4.78, 5) is 11.6. The van der Waals surface area contributed by atoms with Crippen LogP contribution in [-0.4, -0.2) is 34.0 Å². The van der Waals surface area contributed by atoms with E-state index in [1.54, 1.807) is 0 Å². The van der Waals surface area contributed by atoms with Crippen LogP contribution in [0.15, 0.2) is 36.5 Å². The monoisotopic (exact) mass is 308 g/mol. The highest BCUT2D eigenvalue weighted by Crippen LogP contribution is 2.38. The van der Waals surface area contributed by atoms with Crippen LogP contribution >= 0.6 is 0 Å². The summed E-state index contributed by atoms with van der Waals surface area (Å²) in [7, 11) is 0. The molecule has 1 aromatic carbocycles. The molecule has 4 heteroatoms. The minimum absolute atomic E-state index is 0.488. The molecule has 1 saturated carbocycles. The number of hydrogen-bond donors (Lipinski definition) is 1. The second-order valence-electron chi connectivity index (χ2n) is 6.93. The summed E-state index contributed by atoms with van der Waals surface area (Å²) in [6.45, 7) is 5.40. The van der Waals surface area contributed by atoms with Crippen molar-refractivity contribution in [2.24, 2.45) is 0 Å². The number of aromatic nitrogens is 2. The van der Waals surface area contributed by atoms with Crippen LogP contribution < -0.4 is 5.32 Å². The summed E-state index contributed by atoms with van der Waals surface area (Å²) in [6, 6.07) is 11.4. The van der Waals surface area contributed by atoms with Gasteiger partial charge in [-0.25, -0.2) is 9.97 Å². The van der Waals surface area contributed by atoms with Gasteiger partial charge in [-0.2, -0.15) is 0 Å². The van der Waals surface area contributed by atoms with Gasteiger partial charge in [-0.3, -0.25) is 4.90 Å². The molecule has 1 aliphatic heterocycles. The van der Waals surface area contributed by atoms with E-state index in [0.29, 0.717) is 12.0 Å². The molecular weight excluding hydrogens is 284 g/mol. The largest absolute Gasteiger partial charge is 0.366 e. The Hall–Kier alpha value is -1.94. The molecule has 0 spiro atoms. The van der Waals surface area contributed by atoms with E-state index in [4.69, 9.17) is 0 Å². The van der Waals surface area contributed by atoms with Crippen LogP contribution in [0.1, 0.15) is 42.1 Å². The zero-order valence-electron chi connectivity index (χ0n) is 13.7. The van der Waals surface area contributed by atoms with Crippen molar-refractivity contribution in [2.45, 2.75) is 44.7 Å². The summed E-state index contributed by atoms with van der Waals surface area (Å²) in [5.41, 5.74) is 2.72. The summed E-state index contributed by atoms with van der Waals surface area (Å²) >= 11 is 0. The Labute approximate surface area is 138 Å². The van der Waals surface area contributed by atoms with Crippen LogP contribution in [-0.2, 0) is 6.54 Å². The van der Waals surface area contributed by atoms with Gasteiger partial charge < -0.3 is 5.32 Å². The predicted molar refractivity (Wildman–Crippen MR) is 92.5 cm³/mol. The molecule has 4 nitrogen and oxygen atoms in total. The lowest BCUT2D eigenvalue weighted by Crippen LogP contribution is -2.26. The molecule has 120 valence electrons. The number of aryl methyl sites for hydroxylation is 1. The topological polar surface area (TPSA) is 41.0 Å². The Morgan fingerprint density at radius 1 is 1.13 bits per heavy atom. The normalized spacial score (nSPS) is 21.5. The number of anilines is 1. The van der Waals surface area contributed by atoms with Crippen molar-refractivity contribution in [1.82, 2.24) is 14.9 Å². The summed E-state index contributed by atoms with van der Waals surface area (Å²) in [6.07, 6.45) is 5.56. The van der Waals surface area contributed by atoms with Crippen molar-refractivity contribution in [2.75, 3.05) is 18.4 Å². The van der Waals surface area contributed by atoms with E-state index in [1.807, 2.05) is 12.3 Å². The van der Waals surface area contributed by atoms with E-state index >= 15 is 0 Å². The first-order valence-corrected chi connectivity index (χ1v) is 8.63. The molecule has 0 amide bonds. The van der Waals surface area contributed by atoms with Crippen molar-refractivity contribution in [3.8, 4) is 0 Å². The lowest BCUT2D eigenvalue weighted by atomic mass is 10.1.